The summed E-state index contributed by atoms with van der Waals surface area (Å²) in [5, 5.41) is 25.0. The average Bonchev–Trinajstić information content (AvgIpc) is 2.57. The van der Waals surface area contributed by atoms with Gasteiger partial charge in [0.2, 0.25) is 0 Å². The number of halogens is 1. The summed E-state index contributed by atoms with van der Waals surface area (Å²) in [5.41, 5.74) is 1.22. The fourth-order valence-corrected chi connectivity index (χ4v) is 3.37. The molecule has 3 heteroatoms. The molecule has 0 bridgehead atoms. The number of rotatable bonds is 1. The quantitative estimate of drug-likeness (QED) is 0.470. The lowest BCUT2D eigenvalue weighted by Gasteiger charge is -2.15. The van der Waals surface area contributed by atoms with E-state index in [0.29, 0.717) is 16.1 Å². The van der Waals surface area contributed by atoms with Gasteiger partial charge in [0, 0.05) is 16.5 Å². The zero-order valence-electron chi connectivity index (χ0n) is 12.1. The molecule has 0 radical (unpaired) electrons. The van der Waals surface area contributed by atoms with Crippen molar-refractivity contribution in [3.63, 3.8) is 0 Å². The van der Waals surface area contributed by atoms with Crippen molar-refractivity contribution in [1.82, 2.24) is 0 Å². The standard InChI is InChI=1S/C20H13ClO2/c21-16-11-18(23)20(15-8-4-3-7-14(15)16)19-13-6-2-1-5-12(13)9-10-17(19)22/h1-11,22-23H. The molecule has 4 aromatic carbocycles. The van der Waals surface area contributed by atoms with E-state index in [9.17, 15) is 10.2 Å². The molecule has 4 rings (SSSR count). The molecule has 0 atom stereocenters. The fourth-order valence-electron chi connectivity index (χ4n) is 3.10. The van der Waals surface area contributed by atoms with Crippen LogP contribution in [0.25, 0.3) is 32.7 Å². The molecule has 4 aromatic rings. The highest BCUT2D eigenvalue weighted by Crippen LogP contribution is 2.46. The zero-order chi connectivity index (χ0) is 16.0. The average molecular weight is 321 g/mol. The van der Waals surface area contributed by atoms with E-state index in [0.717, 1.165) is 21.5 Å². The number of phenols is 2. The van der Waals surface area contributed by atoms with Gasteiger partial charge in [-0.15, -0.1) is 0 Å². The molecule has 0 heterocycles. The molecule has 0 spiro atoms. The van der Waals surface area contributed by atoms with E-state index < -0.39 is 0 Å². The molecule has 0 aromatic heterocycles. The van der Waals surface area contributed by atoms with Gasteiger partial charge >= 0.3 is 0 Å². The number of aromatic hydroxyl groups is 2. The van der Waals surface area contributed by atoms with Crippen molar-refractivity contribution in [2.45, 2.75) is 0 Å². The Morgan fingerprint density at radius 2 is 1.22 bits per heavy atom. The Morgan fingerprint density at radius 1 is 0.609 bits per heavy atom. The predicted molar refractivity (Wildman–Crippen MR) is 95.2 cm³/mol. The molecule has 0 fully saturated rings. The first-order valence-electron chi connectivity index (χ1n) is 7.28. The van der Waals surface area contributed by atoms with E-state index in [1.807, 2.05) is 54.6 Å². The van der Waals surface area contributed by atoms with Gasteiger partial charge in [0.1, 0.15) is 11.5 Å². The lowest BCUT2D eigenvalue weighted by Crippen LogP contribution is -1.87. The second kappa shape index (κ2) is 5.18. The molecule has 0 amide bonds. The smallest absolute Gasteiger partial charge is 0.125 e. The van der Waals surface area contributed by atoms with Gasteiger partial charge < -0.3 is 10.2 Å². The van der Waals surface area contributed by atoms with Crippen LogP contribution in [0.3, 0.4) is 0 Å². The maximum atomic E-state index is 10.5. The van der Waals surface area contributed by atoms with Crippen molar-refractivity contribution in [2.24, 2.45) is 0 Å². The van der Waals surface area contributed by atoms with Gasteiger partial charge in [0.15, 0.2) is 0 Å². The summed E-state index contributed by atoms with van der Waals surface area (Å²) in [6.07, 6.45) is 0. The Bertz CT molecular complexity index is 1050. The first-order chi connectivity index (χ1) is 11.2. The van der Waals surface area contributed by atoms with Gasteiger partial charge in [-0.1, -0.05) is 66.2 Å². The molecule has 2 nitrogen and oxygen atoms in total. The maximum Gasteiger partial charge on any atom is 0.125 e. The zero-order valence-corrected chi connectivity index (χ0v) is 12.9. The van der Waals surface area contributed by atoms with Crippen LogP contribution in [0.15, 0.2) is 66.7 Å². The molecule has 2 N–H and O–H groups in total. The largest absolute Gasteiger partial charge is 0.507 e. The van der Waals surface area contributed by atoms with E-state index in [2.05, 4.69) is 0 Å². The van der Waals surface area contributed by atoms with E-state index in [-0.39, 0.29) is 11.5 Å². The fraction of sp³-hybridized carbons (Fsp3) is 0. The van der Waals surface area contributed by atoms with Crippen LogP contribution < -0.4 is 0 Å². The van der Waals surface area contributed by atoms with Crippen LogP contribution in [0.5, 0.6) is 11.5 Å². The second-order valence-electron chi connectivity index (χ2n) is 5.48. The Balaban J connectivity index is 2.22. The van der Waals surface area contributed by atoms with Gasteiger partial charge in [-0.05, 0) is 28.3 Å². The molecule has 0 saturated carbocycles. The molecule has 23 heavy (non-hydrogen) atoms. The van der Waals surface area contributed by atoms with Crippen LogP contribution in [-0.4, -0.2) is 10.2 Å². The lowest BCUT2D eigenvalue weighted by molar-refractivity contribution is 0.470. The summed E-state index contributed by atoms with van der Waals surface area (Å²) < 4.78 is 0. The number of hydrogen-bond donors (Lipinski definition) is 2. The Hall–Kier alpha value is -2.71. The molecule has 0 aliphatic rings. The van der Waals surface area contributed by atoms with Crippen molar-refractivity contribution in [3.05, 3.63) is 71.8 Å². The van der Waals surface area contributed by atoms with E-state index in [4.69, 9.17) is 11.6 Å². The number of hydrogen-bond acceptors (Lipinski definition) is 2. The third kappa shape index (κ3) is 2.11. The molecule has 0 aliphatic heterocycles. The number of phenolic OH excluding ortho intramolecular Hbond substituents is 2. The first-order valence-corrected chi connectivity index (χ1v) is 7.66. The van der Waals surface area contributed by atoms with E-state index in [1.165, 1.54) is 6.07 Å². The third-order valence-electron chi connectivity index (χ3n) is 4.13. The minimum Gasteiger partial charge on any atom is -0.507 e. The van der Waals surface area contributed by atoms with Crippen LogP contribution in [0, 0.1) is 0 Å². The lowest BCUT2D eigenvalue weighted by atomic mass is 9.92. The molecule has 0 unspecified atom stereocenters. The topological polar surface area (TPSA) is 40.5 Å². The summed E-state index contributed by atoms with van der Waals surface area (Å²) in [4.78, 5) is 0. The van der Waals surface area contributed by atoms with Crippen LogP contribution in [-0.2, 0) is 0 Å². The normalized spacial score (nSPS) is 11.2. The highest BCUT2D eigenvalue weighted by molar-refractivity contribution is 6.36. The van der Waals surface area contributed by atoms with Crippen molar-refractivity contribution >= 4 is 33.1 Å². The van der Waals surface area contributed by atoms with Crippen LogP contribution >= 0.6 is 11.6 Å². The Morgan fingerprint density at radius 3 is 2.00 bits per heavy atom. The minimum absolute atomic E-state index is 0.0559. The molecule has 112 valence electrons. The predicted octanol–water partition coefficient (Wildman–Crippen LogP) is 5.72. The number of benzene rings is 4. The second-order valence-corrected chi connectivity index (χ2v) is 5.89. The molecule has 0 saturated heterocycles. The SMILES string of the molecule is Oc1ccc2ccccc2c1-c1c(O)cc(Cl)c2ccccc12. The maximum absolute atomic E-state index is 10.5. The Labute approximate surface area is 138 Å². The first kappa shape index (κ1) is 13.9. The van der Waals surface area contributed by atoms with Crippen LogP contribution in [0.2, 0.25) is 5.02 Å². The van der Waals surface area contributed by atoms with Crippen LogP contribution in [0.4, 0.5) is 0 Å². The van der Waals surface area contributed by atoms with Gasteiger partial charge in [0.25, 0.3) is 0 Å². The molecular weight excluding hydrogens is 308 g/mol. The Kier molecular flexibility index (Phi) is 3.14. The van der Waals surface area contributed by atoms with Crippen molar-refractivity contribution in [3.8, 4) is 22.6 Å². The monoisotopic (exact) mass is 320 g/mol. The van der Waals surface area contributed by atoms with E-state index >= 15 is 0 Å². The summed E-state index contributed by atoms with van der Waals surface area (Å²) in [6.45, 7) is 0. The number of fused-ring (bicyclic) bond motifs is 2. The summed E-state index contributed by atoms with van der Waals surface area (Å²) in [5.74, 6) is 0.187. The van der Waals surface area contributed by atoms with E-state index in [1.54, 1.807) is 6.07 Å². The minimum atomic E-state index is 0.0559. The van der Waals surface area contributed by atoms with Crippen molar-refractivity contribution < 1.29 is 10.2 Å². The summed E-state index contributed by atoms with van der Waals surface area (Å²) in [7, 11) is 0. The van der Waals surface area contributed by atoms with Gasteiger partial charge in [-0.25, -0.2) is 0 Å². The van der Waals surface area contributed by atoms with Crippen molar-refractivity contribution in [1.29, 1.82) is 0 Å². The molecular formula is C20H13ClO2. The highest BCUT2D eigenvalue weighted by atomic mass is 35.5. The van der Waals surface area contributed by atoms with Crippen molar-refractivity contribution in [2.75, 3.05) is 0 Å². The third-order valence-corrected chi connectivity index (χ3v) is 4.44. The van der Waals surface area contributed by atoms with Crippen LogP contribution in [0.1, 0.15) is 0 Å². The summed E-state index contributed by atoms with van der Waals surface area (Å²) in [6, 6.07) is 20.4. The summed E-state index contributed by atoms with van der Waals surface area (Å²) >= 11 is 6.26. The highest BCUT2D eigenvalue weighted by Gasteiger charge is 2.17. The van der Waals surface area contributed by atoms with Gasteiger partial charge in [0.05, 0.1) is 5.02 Å². The molecule has 0 aliphatic carbocycles. The van der Waals surface area contributed by atoms with Gasteiger partial charge in [-0.3, -0.25) is 0 Å². The van der Waals surface area contributed by atoms with Gasteiger partial charge in [-0.2, -0.15) is 0 Å².